The Morgan fingerprint density at radius 1 is 1.35 bits per heavy atom. The minimum Gasteiger partial charge on any atom is -0.330 e. The van der Waals surface area contributed by atoms with Gasteiger partial charge in [0.15, 0.2) is 0 Å². The summed E-state index contributed by atoms with van der Waals surface area (Å²) in [6.07, 6.45) is 1.19. The van der Waals surface area contributed by atoms with Crippen LogP contribution in [-0.4, -0.2) is 33.8 Å². The predicted molar refractivity (Wildman–Crippen MR) is 64.0 cm³/mol. The predicted octanol–water partition coefficient (Wildman–Crippen LogP) is 1.52. The number of carbonyl (C=O) groups excluding carboxylic acids is 3. The molecule has 1 heterocycles. The maximum Gasteiger partial charge on any atom is 0.333 e. The molecule has 1 saturated heterocycles. The molecule has 5 nitrogen and oxygen atoms in total. The molecular weight excluding hydrogens is 242 g/mol. The molecule has 0 spiro atoms. The zero-order chi connectivity index (χ0) is 12.8. The summed E-state index contributed by atoms with van der Waals surface area (Å²) in [7, 11) is 0. The van der Waals surface area contributed by atoms with Crippen LogP contribution in [0.4, 0.5) is 0 Å². The number of nitrogens with zero attached hydrogens (tertiary/aromatic N) is 1. The van der Waals surface area contributed by atoms with Crippen LogP contribution < -0.4 is 0 Å². The quantitative estimate of drug-likeness (QED) is 0.534. The van der Waals surface area contributed by atoms with Gasteiger partial charge in [-0.1, -0.05) is 13.8 Å². The van der Waals surface area contributed by atoms with Crippen LogP contribution in [0.3, 0.4) is 0 Å². The number of hydroxylamine groups is 2. The number of carbonyl (C=O) groups is 3. The maximum atomic E-state index is 11.4. The molecule has 0 radical (unpaired) electrons. The van der Waals surface area contributed by atoms with Crippen LogP contribution in [0.2, 0.25) is 0 Å². The summed E-state index contributed by atoms with van der Waals surface area (Å²) in [5.41, 5.74) is 0. The van der Waals surface area contributed by atoms with Gasteiger partial charge < -0.3 is 4.84 Å². The zero-order valence-corrected chi connectivity index (χ0v) is 10.9. The molecule has 0 aliphatic carbocycles. The van der Waals surface area contributed by atoms with Crippen LogP contribution in [0.25, 0.3) is 0 Å². The molecule has 6 heteroatoms. The second kappa shape index (κ2) is 6.64. The number of imide groups is 1. The van der Waals surface area contributed by atoms with Crippen molar-refractivity contribution in [1.29, 1.82) is 0 Å². The average Bonchev–Trinajstić information content (AvgIpc) is 2.56. The van der Waals surface area contributed by atoms with Gasteiger partial charge in [0.25, 0.3) is 11.8 Å². The van der Waals surface area contributed by atoms with Crippen LogP contribution in [0.15, 0.2) is 0 Å². The summed E-state index contributed by atoms with van der Waals surface area (Å²) >= 11 is 1.76. The third kappa shape index (κ3) is 4.77. The minimum atomic E-state index is -0.516. The summed E-state index contributed by atoms with van der Waals surface area (Å²) in [5, 5.41) is 1.13. The monoisotopic (exact) mass is 259 g/mol. The van der Waals surface area contributed by atoms with E-state index in [4.69, 9.17) is 4.84 Å². The van der Waals surface area contributed by atoms with E-state index in [0.717, 1.165) is 5.75 Å². The second-order valence-electron chi connectivity index (χ2n) is 4.07. The normalized spacial score (nSPS) is 15.8. The highest BCUT2D eigenvalue weighted by Crippen LogP contribution is 2.14. The molecule has 1 rings (SSSR count). The first-order valence-electron chi connectivity index (χ1n) is 5.69. The molecule has 1 aliphatic heterocycles. The highest BCUT2D eigenvalue weighted by atomic mass is 32.2. The van der Waals surface area contributed by atoms with Crippen molar-refractivity contribution in [2.45, 2.75) is 44.8 Å². The zero-order valence-electron chi connectivity index (χ0n) is 10.1. The average molecular weight is 259 g/mol. The third-order valence-electron chi connectivity index (χ3n) is 2.18. The number of rotatable bonds is 6. The number of hydrogen-bond acceptors (Lipinski definition) is 5. The summed E-state index contributed by atoms with van der Waals surface area (Å²) < 4.78 is 0. The molecule has 0 saturated carbocycles. The van der Waals surface area contributed by atoms with Crippen molar-refractivity contribution in [1.82, 2.24) is 5.06 Å². The third-order valence-corrected chi connectivity index (χ3v) is 3.37. The van der Waals surface area contributed by atoms with E-state index in [-0.39, 0.29) is 19.3 Å². The van der Waals surface area contributed by atoms with Crippen LogP contribution in [0, 0.1) is 0 Å². The van der Waals surface area contributed by atoms with E-state index >= 15 is 0 Å². The lowest BCUT2D eigenvalue weighted by Gasteiger charge is -2.12. The number of hydrogen-bond donors (Lipinski definition) is 0. The lowest BCUT2D eigenvalue weighted by Crippen LogP contribution is -2.32. The van der Waals surface area contributed by atoms with Crippen molar-refractivity contribution >= 4 is 29.5 Å². The van der Waals surface area contributed by atoms with Crippen LogP contribution >= 0.6 is 11.8 Å². The fourth-order valence-corrected chi connectivity index (χ4v) is 2.12. The minimum absolute atomic E-state index is 0.134. The Morgan fingerprint density at radius 2 is 1.94 bits per heavy atom. The first-order valence-corrected chi connectivity index (χ1v) is 6.73. The molecule has 17 heavy (non-hydrogen) atoms. The Hall–Kier alpha value is -1.04. The molecule has 0 atom stereocenters. The number of thioether (sulfide) groups is 1. The largest absolute Gasteiger partial charge is 0.333 e. The van der Waals surface area contributed by atoms with Gasteiger partial charge in [0, 0.05) is 19.3 Å². The fourth-order valence-electron chi connectivity index (χ4n) is 1.34. The summed E-state index contributed by atoms with van der Waals surface area (Å²) in [6.45, 7) is 4.18. The van der Waals surface area contributed by atoms with E-state index in [1.54, 1.807) is 11.8 Å². The van der Waals surface area contributed by atoms with E-state index < -0.39 is 17.8 Å². The van der Waals surface area contributed by atoms with E-state index in [1.165, 1.54) is 0 Å². The first-order chi connectivity index (χ1) is 8.00. The standard InChI is InChI=1S/C11H17NO4S/c1-8(2)17-7-3-4-11(15)16-12-9(13)5-6-10(12)14/h8H,3-7H2,1-2H3. The highest BCUT2D eigenvalue weighted by Gasteiger charge is 2.32. The van der Waals surface area contributed by atoms with Gasteiger partial charge >= 0.3 is 5.97 Å². The van der Waals surface area contributed by atoms with Crippen molar-refractivity contribution < 1.29 is 19.2 Å². The molecule has 1 fully saturated rings. The van der Waals surface area contributed by atoms with Gasteiger partial charge in [0.1, 0.15) is 0 Å². The van der Waals surface area contributed by atoms with Gasteiger partial charge in [-0.15, -0.1) is 5.06 Å². The molecule has 96 valence electrons. The van der Waals surface area contributed by atoms with Gasteiger partial charge in [-0.3, -0.25) is 9.59 Å². The van der Waals surface area contributed by atoms with E-state index in [2.05, 4.69) is 13.8 Å². The van der Waals surface area contributed by atoms with Gasteiger partial charge in [-0.05, 0) is 17.4 Å². The Morgan fingerprint density at radius 3 is 2.47 bits per heavy atom. The molecule has 0 N–H and O–H groups in total. The van der Waals surface area contributed by atoms with E-state index in [1.807, 2.05) is 0 Å². The molecule has 0 aromatic rings. The molecule has 0 aromatic heterocycles. The van der Waals surface area contributed by atoms with Gasteiger partial charge in [-0.25, -0.2) is 4.79 Å². The topological polar surface area (TPSA) is 63.7 Å². The Balaban J connectivity index is 2.21. The molecule has 0 aromatic carbocycles. The fraction of sp³-hybridized carbons (Fsp3) is 0.727. The van der Waals surface area contributed by atoms with Gasteiger partial charge in [0.05, 0.1) is 0 Å². The number of amides is 2. The van der Waals surface area contributed by atoms with E-state index in [0.29, 0.717) is 16.7 Å². The Bertz CT molecular complexity index is 301. The molecule has 2 amide bonds. The SMILES string of the molecule is CC(C)SCCCC(=O)ON1C(=O)CCC1=O. The maximum absolute atomic E-state index is 11.4. The molecule has 0 bridgehead atoms. The molecular formula is C11H17NO4S. The Labute approximate surface area is 105 Å². The van der Waals surface area contributed by atoms with Crippen molar-refractivity contribution in [2.75, 3.05) is 5.75 Å². The lowest BCUT2D eigenvalue weighted by atomic mass is 10.3. The Kier molecular flexibility index (Phi) is 5.47. The van der Waals surface area contributed by atoms with Crippen LogP contribution in [0.5, 0.6) is 0 Å². The first kappa shape index (κ1) is 14.0. The summed E-state index contributed by atoms with van der Waals surface area (Å²) in [4.78, 5) is 38.4. The molecule has 1 aliphatic rings. The summed E-state index contributed by atoms with van der Waals surface area (Å²) in [5.74, 6) is -0.507. The van der Waals surface area contributed by atoms with Gasteiger partial charge in [-0.2, -0.15) is 11.8 Å². The van der Waals surface area contributed by atoms with Crippen molar-refractivity contribution in [3.63, 3.8) is 0 Å². The van der Waals surface area contributed by atoms with Crippen LogP contribution in [-0.2, 0) is 19.2 Å². The van der Waals surface area contributed by atoms with Crippen molar-refractivity contribution in [3.05, 3.63) is 0 Å². The van der Waals surface area contributed by atoms with Crippen LogP contribution in [0.1, 0.15) is 39.5 Å². The highest BCUT2D eigenvalue weighted by molar-refractivity contribution is 7.99. The second-order valence-corrected chi connectivity index (χ2v) is 5.75. The summed E-state index contributed by atoms with van der Waals surface area (Å²) in [6, 6.07) is 0. The molecule has 0 unspecified atom stereocenters. The van der Waals surface area contributed by atoms with Gasteiger partial charge in [0.2, 0.25) is 0 Å². The van der Waals surface area contributed by atoms with E-state index in [9.17, 15) is 14.4 Å². The smallest absolute Gasteiger partial charge is 0.330 e. The lowest BCUT2D eigenvalue weighted by molar-refractivity contribution is -0.197. The van der Waals surface area contributed by atoms with Crippen molar-refractivity contribution in [3.8, 4) is 0 Å². The van der Waals surface area contributed by atoms with Crippen molar-refractivity contribution in [2.24, 2.45) is 0 Å².